The van der Waals surface area contributed by atoms with Crippen LogP contribution < -0.4 is 0 Å². The van der Waals surface area contributed by atoms with Gasteiger partial charge in [-0.3, -0.25) is 9.59 Å². The number of aliphatic carboxylic acids is 1. The van der Waals surface area contributed by atoms with Crippen molar-refractivity contribution in [3.63, 3.8) is 0 Å². The summed E-state index contributed by atoms with van der Waals surface area (Å²) in [4.78, 5) is 25.6. The highest BCUT2D eigenvalue weighted by molar-refractivity contribution is 5.81. The third-order valence-electron chi connectivity index (χ3n) is 5.31. The van der Waals surface area contributed by atoms with Crippen molar-refractivity contribution in [2.24, 2.45) is 5.92 Å². The molecule has 3 fully saturated rings. The summed E-state index contributed by atoms with van der Waals surface area (Å²) in [6, 6.07) is 0.0663. The molecular formula is C14H21NO4. The van der Waals surface area contributed by atoms with E-state index < -0.39 is 5.97 Å². The molecule has 5 heteroatoms. The first kappa shape index (κ1) is 12.9. The molecule has 2 bridgehead atoms. The number of hydrogen-bond donors (Lipinski definition) is 1. The number of carboxylic acids is 1. The molecule has 0 aromatic rings. The van der Waals surface area contributed by atoms with Gasteiger partial charge in [-0.05, 0) is 38.5 Å². The van der Waals surface area contributed by atoms with E-state index in [2.05, 4.69) is 0 Å². The van der Waals surface area contributed by atoms with Crippen molar-refractivity contribution in [1.29, 1.82) is 0 Å². The van der Waals surface area contributed by atoms with Crippen molar-refractivity contribution in [1.82, 2.24) is 4.90 Å². The SMILES string of the molecule is COC1(CC(=O)N2C3CCC2C(C(=O)O)C3)CCC1. The number of methoxy groups -OCH3 is 1. The van der Waals surface area contributed by atoms with E-state index in [0.29, 0.717) is 12.8 Å². The van der Waals surface area contributed by atoms with Crippen LogP contribution in [0.25, 0.3) is 0 Å². The third kappa shape index (κ3) is 1.95. The first-order valence-corrected chi connectivity index (χ1v) is 7.15. The number of amides is 1. The third-order valence-corrected chi connectivity index (χ3v) is 5.31. The molecular weight excluding hydrogens is 246 g/mol. The van der Waals surface area contributed by atoms with Gasteiger partial charge in [0.2, 0.25) is 5.91 Å². The molecule has 106 valence electrons. The molecule has 2 aliphatic heterocycles. The molecule has 1 N–H and O–H groups in total. The lowest BCUT2D eigenvalue weighted by Crippen LogP contribution is -2.47. The van der Waals surface area contributed by atoms with Gasteiger partial charge in [0.15, 0.2) is 0 Å². The van der Waals surface area contributed by atoms with E-state index in [1.54, 1.807) is 7.11 Å². The first-order chi connectivity index (χ1) is 9.06. The zero-order valence-corrected chi connectivity index (χ0v) is 11.3. The Morgan fingerprint density at radius 2 is 2.11 bits per heavy atom. The van der Waals surface area contributed by atoms with Gasteiger partial charge in [0.05, 0.1) is 17.9 Å². The summed E-state index contributed by atoms with van der Waals surface area (Å²) in [7, 11) is 1.67. The minimum absolute atomic E-state index is 0.0796. The van der Waals surface area contributed by atoms with Crippen LogP contribution in [0.4, 0.5) is 0 Å². The van der Waals surface area contributed by atoms with Crippen molar-refractivity contribution in [2.45, 2.75) is 62.6 Å². The molecule has 19 heavy (non-hydrogen) atoms. The lowest BCUT2D eigenvalue weighted by atomic mass is 9.77. The second-order valence-electron chi connectivity index (χ2n) is 6.20. The van der Waals surface area contributed by atoms with E-state index >= 15 is 0 Å². The van der Waals surface area contributed by atoms with E-state index in [9.17, 15) is 14.7 Å². The average molecular weight is 267 g/mol. The normalized spacial score (nSPS) is 35.2. The van der Waals surface area contributed by atoms with E-state index in [1.807, 2.05) is 4.90 Å². The van der Waals surface area contributed by atoms with Crippen LogP contribution in [-0.2, 0) is 14.3 Å². The summed E-state index contributed by atoms with van der Waals surface area (Å²) in [5, 5.41) is 9.21. The Morgan fingerprint density at radius 3 is 2.58 bits per heavy atom. The Bertz CT molecular complexity index is 399. The number of carbonyl (C=O) groups excluding carboxylic acids is 1. The summed E-state index contributed by atoms with van der Waals surface area (Å²) < 4.78 is 5.51. The zero-order chi connectivity index (χ0) is 13.6. The smallest absolute Gasteiger partial charge is 0.308 e. The second kappa shape index (κ2) is 4.47. The van der Waals surface area contributed by atoms with Gasteiger partial charge in [0, 0.05) is 19.2 Å². The maximum Gasteiger partial charge on any atom is 0.308 e. The summed E-state index contributed by atoms with van der Waals surface area (Å²) in [5.41, 5.74) is -0.266. The van der Waals surface area contributed by atoms with Gasteiger partial charge in [-0.2, -0.15) is 0 Å². The number of fused-ring (bicyclic) bond motifs is 2. The van der Waals surface area contributed by atoms with Crippen molar-refractivity contribution >= 4 is 11.9 Å². The van der Waals surface area contributed by atoms with Crippen molar-refractivity contribution in [2.75, 3.05) is 7.11 Å². The minimum Gasteiger partial charge on any atom is -0.481 e. The molecule has 0 aromatic carbocycles. The Labute approximate surface area is 112 Å². The van der Waals surface area contributed by atoms with E-state index in [-0.39, 0.29) is 29.5 Å². The number of carboxylic acid groups (broad SMARTS) is 1. The lowest BCUT2D eigenvalue weighted by molar-refractivity contribution is -0.147. The molecule has 0 radical (unpaired) electrons. The summed E-state index contributed by atoms with van der Waals surface area (Å²) in [5.74, 6) is -1.02. The first-order valence-electron chi connectivity index (χ1n) is 7.15. The number of rotatable bonds is 4. The molecule has 0 aromatic heterocycles. The fraction of sp³-hybridized carbons (Fsp3) is 0.857. The van der Waals surface area contributed by atoms with Crippen molar-refractivity contribution in [3.05, 3.63) is 0 Å². The van der Waals surface area contributed by atoms with E-state index in [1.165, 1.54) is 0 Å². The van der Waals surface area contributed by atoms with Gasteiger partial charge in [0.25, 0.3) is 0 Å². The molecule has 2 heterocycles. The Kier molecular flexibility index (Phi) is 3.04. The number of nitrogens with zero attached hydrogens (tertiary/aromatic N) is 1. The minimum atomic E-state index is -0.755. The van der Waals surface area contributed by atoms with Crippen molar-refractivity contribution < 1.29 is 19.4 Å². The van der Waals surface area contributed by atoms with Crippen LogP contribution in [0.1, 0.15) is 44.9 Å². The molecule has 1 saturated carbocycles. The highest BCUT2D eigenvalue weighted by Crippen LogP contribution is 2.44. The van der Waals surface area contributed by atoms with Crippen LogP contribution in [0.2, 0.25) is 0 Å². The molecule has 3 atom stereocenters. The lowest BCUT2D eigenvalue weighted by Gasteiger charge is -2.41. The fourth-order valence-electron chi connectivity index (χ4n) is 4.03. The molecule has 1 aliphatic carbocycles. The fourth-order valence-corrected chi connectivity index (χ4v) is 4.03. The molecule has 3 rings (SSSR count). The highest BCUT2D eigenvalue weighted by Gasteiger charge is 2.52. The zero-order valence-electron chi connectivity index (χ0n) is 11.3. The standard InChI is InChI=1S/C14H21NO4/c1-19-14(5-2-6-14)8-12(16)15-9-3-4-11(15)10(7-9)13(17)18/h9-11H,2-8H2,1H3,(H,17,18). The topological polar surface area (TPSA) is 66.8 Å². The summed E-state index contributed by atoms with van der Waals surface area (Å²) >= 11 is 0. The van der Waals surface area contributed by atoms with Crippen molar-refractivity contribution in [3.8, 4) is 0 Å². The predicted octanol–water partition coefficient (Wildman–Crippen LogP) is 1.41. The summed E-state index contributed by atoms with van der Waals surface area (Å²) in [6.07, 6.45) is 5.86. The number of carbonyl (C=O) groups is 2. The largest absolute Gasteiger partial charge is 0.481 e. The molecule has 5 nitrogen and oxygen atoms in total. The van der Waals surface area contributed by atoms with Gasteiger partial charge in [-0.25, -0.2) is 0 Å². The second-order valence-corrected chi connectivity index (χ2v) is 6.20. The van der Waals surface area contributed by atoms with Gasteiger partial charge in [-0.15, -0.1) is 0 Å². The Morgan fingerprint density at radius 1 is 1.37 bits per heavy atom. The molecule has 1 amide bonds. The van der Waals surface area contributed by atoms with E-state index in [0.717, 1.165) is 32.1 Å². The summed E-state index contributed by atoms with van der Waals surface area (Å²) in [6.45, 7) is 0. The van der Waals surface area contributed by atoms with Gasteiger partial charge in [0.1, 0.15) is 0 Å². The van der Waals surface area contributed by atoms with Crippen LogP contribution in [0.3, 0.4) is 0 Å². The van der Waals surface area contributed by atoms with Crippen LogP contribution in [0.5, 0.6) is 0 Å². The van der Waals surface area contributed by atoms with Crippen LogP contribution in [0.15, 0.2) is 0 Å². The van der Waals surface area contributed by atoms with Gasteiger partial charge in [-0.1, -0.05) is 0 Å². The quantitative estimate of drug-likeness (QED) is 0.836. The Hall–Kier alpha value is -1.10. The van der Waals surface area contributed by atoms with Crippen LogP contribution >= 0.6 is 0 Å². The number of ether oxygens (including phenoxy) is 1. The maximum absolute atomic E-state index is 12.5. The molecule has 3 aliphatic rings. The Balaban J connectivity index is 1.69. The van der Waals surface area contributed by atoms with Gasteiger partial charge >= 0.3 is 5.97 Å². The molecule has 0 spiro atoms. The highest BCUT2D eigenvalue weighted by atomic mass is 16.5. The van der Waals surface area contributed by atoms with Gasteiger partial charge < -0.3 is 14.7 Å². The monoisotopic (exact) mass is 267 g/mol. The molecule has 3 unspecified atom stereocenters. The molecule has 2 saturated heterocycles. The number of hydrogen-bond acceptors (Lipinski definition) is 3. The average Bonchev–Trinajstić information content (AvgIpc) is 2.91. The van der Waals surface area contributed by atoms with Crippen LogP contribution in [-0.4, -0.2) is 46.7 Å². The van der Waals surface area contributed by atoms with Crippen LogP contribution in [0, 0.1) is 5.92 Å². The maximum atomic E-state index is 12.5. The van der Waals surface area contributed by atoms with E-state index in [4.69, 9.17) is 4.74 Å². The predicted molar refractivity (Wildman–Crippen MR) is 67.6 cm³/mol.